The molecule has 21 nitrogen and oxygen atoms in total. The van der Waals surface area contributed by atoms with Gasteiger partial charge in [0.1, 0.15) is 79.2 Å². The van der Waals surface area contributed by atoms with Gasteiger partial charge >= 0.3 is 5.97 Å². The average Bonchev–Trinajstić information content (AvgIpc) is 3.00. The van der Waals surface area contributed by atoms with Crippen LogP contribution in [0.4, 0.5) is 0 Å². The molecule has 0 radical (unpaired) electrons. The minimum atomic E-state index is -1.87. The molecule has 0 spiro atoms. The average molecular weight is 674 g/mol. The molecule has 46 heavy (non-hydrogen) atoms. The highest BCUT2D eigenvalue weighted by molar-refractivity contribution is 5.74. The quantitative estimate of drug-likeness (QED) is 0.0863. The number of carboxylic acid groups (broad SMARTS) is 1. The summed E-state index contributed by atoms with van der Waals surface area (Å²) in [5, 5.41) is 96.4. The Labute approximate surface area is 261 Å². The standard InChI is InChI=1S/C25H43N3O18/c1-7(31)27-13-17(35)16(34)12(45-23(13)41-5-9(26)22(39)40)6-42-24-14(28-8(2)32)18(36)21(11(4-30)44-24)46-25-20(38)19(37)15(33)10(3-29)43-25/h9-21,23-25,29-30,33-38H,3-6,26H2,1-2H3,(H,27,31)(H,28,32)(H,39,40). The highest BCUT2D eigenvalue weighted by Crippen LogP contribution is 2.31. The number of ether oxygens (including phenoxy) is 6. The molecule has 2 amide bonds. The lowest BCUT2D eigenvalue weighted by Gasteiger charge is -2.47. The van der Waals surface area contributed by atoms with Gasteiger partial charge in [-0.25, -0.2) is 0 Å². The molecule has 3 fully saturated rings. The third kappa shape index (κ3) is 9.03. The fourth-order valence-electron chi connectivity index (χ4n) is 5.16. The van der Waals surface area contributed by atoms with Crippen molar-refractivity contribution in [1.82, 2.24) is 10.6 Å². The van der Waals surface area contributed by atoms with E-state index in [2.05, 4.69) is 10.6 Å². The van der Waals surface area contributed by atoms with Crippen LogP contribution in [0.5, 0.6) is 0 Å². The van der Waals surface area contributed by atoms with Crippen LogP contribution in [0.1, 0.15) is 13.8 Å². The van der Waals surface area contributed by atoms with E-state index in [4.69, 9.17) is 39.3 Å². The first-order valence-electron chi connectivity index (χ1n) is 14.3. The van der Waals surface area contributed by atoms with Gasteiger partial charge in [0.25, 0.3) is 0 Å². The predicted molar refractivity (Wildman–Crippen MR) is 144 cm³/mol. The largest absolute Gasteiger partial charge is 0.480 e. The molecular formula is C25H43N3O18. The number of carbonyl (C=O) groups excluding carboxylic acids is 2. The summed E-state index contributed by atoms with van der Waals surface area (Å²) in [4.78, 5) is 34.8. The molecular weight excluding hydrogens is 630 g/mol. The molecule has 21 heteroatoms. The zero-order valence-electron chi connectivity index (χ0n) is 24.8. The molecule has 3 saturated heterocycles. The van der Waals surface area contributed by atoms with Gasteiger partial charge in [0.2, 0.25) is 11.8 Å². The highest BCUT2D eigenvalue weighted by Gasteiger charge is 2.52. The molecule has 0 aliphatic carbocycles. The Morgan fingerprint density at radius 2 is 1.20 bits per heavy atom. The summed E-state index contributed by atoms with van der Waals surface area (Å²) in [5.74, 6) is -2.72. The molecule has 3 aliphatic heterocycles. The van der Waals surface area contributed by atoms with Crippen molar-refractivity contribution in [2.75, 3.05) is 26.4 Å². The maximum atomic E-state index is 12.0. The molecule has 0 aromatic carbocycles. The van der Waals surface area contributed by atoms with Crippen molar-refractivity contribution in [3.05, 3.63) is 0 Å². The number of aliphatic hydroxyl groups is 8. The summed E-state index contributed by atoms with van der Waals surface area (Å²) in [6.45, 7) is -0.607. The molecule has 3 rings (SSSR count). The van der Waals surface area contributed by atoms with E-state index in [9.17, 15) is 55.2 Å². The molecule has 0 aromatic heterocycles. The molecule has 3 heterocycles. The summed E-state index contributed by atoms with van der Waals surface area (Å²) < 4.78 is 33.4. The van der Waals surface area contributed by atoms with Crippen LogP contribution in [0.3, 0.4) is 0 Å². The van der Waals surface area contributed by atoms with Crippen LogP contribution in [0.25, 0.3) is 0 Å². The lowest BCUT2D eigenvalue weighted by molar-refractivity contribution is -0.351. The molecule has 16 atom stereocenters. The van der Waals surface area contributed by atoms with Crippen molar-refractivity contribution in [3.8, 4) is 0 Å². The van der Waals surface area contributed by atoms with Crippen LogP contribution in [0.2, 0.25) is 0 Å². The van der Waals surface area contributed by atoms with Gasteiger partial charge in [-0.15, -0.1) is 0 Å². The maximum absolute atomic E-state index is 12.0. The number of aliphatic carboxylic acids is 1. The SMILES string of the molecule is CC(=O)NC1C(OCC(N)C(=O)O)OC(COC2OC(CO)C(OC3OC(CO)C(O)C(O)C3O)C(O)C2NC(C)=O)C(O)C1O. The van der Waals surface area contributed by atoms with E-state index in [0.717, 1.165) is 13.8 Å². The van der Waals surface area contributed by atoms with Gasteiger partial charge in [0, 0.05) is 13.8 Å². The van der Waals surface area contributed by atoms with Gasteiger partial charge in [-0.1, -0.05) is 0 Å². The van der Waals surface area contributed by atoms with E-state index in [0.29, 0.717) is 0 Å². The molecule has 3 aliphatic rings. The number of amides is 2. The number of hydrogen-bond acceptors (Lipinski definition) is 18. The van der Waals surface area contributed by atoms with E-state index in [1.54, 1.807) is 0 Å². The van der Waals surface area contributed by atoms with Gasteiger partial charge in [-0.05, 0) is 0 Å². The van der Waals surface area contributed by atoms with E-state index < -0.39 is 142 Å². The van der Waals surface area contributed by atoms with Crippen LogP contribution in [0, 0.1) is 0 Å². The minimum Gasteiger partial charge on any atom is -0.480 e. The van der Waals surface area contributed by atoms with Crippen molar-refractivity contribution in [3.63, 3.8) is 0 Å². The fourth-order valence-corrected chi connectivity index (χ4v) is 5.16. The van der Waals surface area contributed by atoms with E-state index in [-0.39, 0.29) is 0 Å². The predicted octanol–water partition coefficient (Wildman–Crippen LogP) is -7.85. The number of nitrogens with one attached hydrogen (secondary N) is 2. The second-order valence-electron chi connectivity index (χ2n) is 11.1. The first-order valence-corrected chi connectivity index (χ1v) is 14.3. The lowest BCUT2D eigenvalue weighted by Crippen LogP contribution is -2.68. The summed E-state index contributed by atoms with van der Waals surface area (Å²) in [5.41, 5.74) is 5.47. The fraction of sp³-hybridized carbons (Fsp3) is 0.880. The van der Waals surface area contributed by atoms with E-state index >= 15 is 0 Å². The molecule has 16 unspecified atom stereocenters. The second kappa shape index (κ2) is 16.8. The van der Waals surface area contributed by atoms with Crippen molar-refractivity contribution < 1.29 is 88.8 Å². The number of carbonyl (C=O) groups is 3. The van der Waals surface area contributed by atoms with Crippen LogP contribution in [0.15, 0.2) is 0 Å². The van der Waals surface area contributed by atoms with Gasteiger partial charge in [0.05, 0.1) is 26.4 Å². The van der Waals surface area contributed by atoms with Crippen LogP contribution in [-0.2, 0) is 42.8 Å². The third-order valence-electron chi connectivity index (χ3n) is 7.62. The first kappa shape index (κ1) is 38.3. The first-order chi connectivity index (χ1) is 21.6. The Balaban J connectivity index is 1.76. The Kier molecular flexibility index (Phi) is 13.9. The Bertz CT molecular complexity index is 1020. The molecule has 0 bridgehead atoms. The molecule has 0 saturated carbocycles. The minimum absolute atomic E-state index is 0.608. The zero-order valence-corrected chi connectivity index (χ0v) is 24.8. The van der Waals surface area contributed by atoms with Crippen LogP contribution in [-0.4, -0.2) is 188 Å². The van der Waals surface area contributed by atoms with Gasteiger partial charge < -0.3 is 90.7 Å². The maximum Gasteiger partial charge on any atom is 0.322 e. The summed E-state index contributed by atoms with van der Waals surface area (Å²) >= 11 is 0. The normalized spacial score (nSPS) is 42.2. The van der Waals surface area contributed by atoms with Gasteiger partial charge in [-0.2, -0.15) is 0 Å². The topological polar surface area (TPSA) is 339 Å². The van der Waals surface area contributed by atoms with Crippen molar-refractivity contribution >= 4 is 17.8 Å². The Hall–Kier alpha value is -2.19. The molecule has 266 valence electrons. The van der Waals surface area contributed by atoms with Crippen molar-refractivity contribution in [2.24, 2.45) is 5.73 Å². The zero-order chi connectivity index (χ0) is 34.5. The lowest BCUT2D eigenvalue weighted by atomic mass is 9.95. The van der Waals surface area contributed by atoms with Crippen LogP contribution >= 0.6 is 0 Å². The third-order valence-corrected chi connectivity index (χ3v) is 7.62. The van der Waals surface area contributed by atoms with E-state index in [1.165, 1.54) is 0 Å². The van der Waals surface area contributed by atoms with E-state index in [1.807, 2.05) is 0 Å². The highest BCUT2D eigenvalue weighted by atomic mass is 16.7. The number of aliphatic hydroxyl groups excluding tert-OH is 8. The van der Waals surface area contributed by atoms with Crippen molar-refractivity contribution in [2.45, 2.75) is 112 Å². The van der Waals surface area contributed by atoms with Crippen LogP contribution < -0.4 is 16.4 Å². The number of nitrogens with two attached hydrogens (primary N) is 1. The van der Waals surface area contributed by atoms with Gasteiger partial charge in [-0.3, -0.25) is 14.4 Å². The Morgan fingerprint density at radius 3 is 1.74 bits per heavy atom. The summed E-state index contributed by atoms with van der Waals surface area (Å²) in [7, 11) is 0. The smallest absolute Gasteiger partial charge is 0.322 e. The number of carboxylic acids is 1. The molecule has 0 aromatic rings. The monoisotopic (exact) mass is 673 g/mol. The summed E-state index contributed by atoms with van der Waals surface area (Å²) in [6.07, 6.45) is -21.2. The Morgan fingerprint density at radius 1 is 0.696 bits per heavy atom. The number of rotatable bonds is 13. The second-order valence-corrected chi connectivity index (χ2v) is 11.1. The molecule has 13 N–H and O–H groups in total. The van der Waals surface area contributed by atoms with Gasteiger partial charge in [0.15, 0.2) is 18.9 Å². The van der Waals surface area contributed by atoms with Crippen molar-refractivity contribution in [1.29, 1.82) is 0 Å². The number of hydrogen-bond donors (Lipinski definition) is 12. The summed E-state index contributed by atoms with van der Waals surface area (Å²) in [6, 6.07) is -4.30.